The summed E-state index contributed by atoms with van der Waals surface area (Å²) in [6, 6.07) is 0.593. The predicted octanol–water partition coefficient (Wildman–Crippen LogP) is 1.85. The van der Waals surface area contributed by atoms with Crippen molar-refractivity contribution >= 4 is 17.3 Å². The van der Waals surface area contributed by atoms with Gasteiger partial charge in [0.2, 0.25) is 0 Å². The van der Waals surface area contributed by atoms with Crippen LogP contribution in [-0.2, 0) is 6.54 Å². The molecule has 0 aliphatic heterocycles. The van der Waals surface area contributed by atoms with Gasteiger partial charge >= 0.3 is 0 Å². The van der Waals surface area contributed by atoms with Crippen molar-refractivity contribution in [1.29, 1.82) is 0 Å². The lowest BCUT2D eigenvalue weighted by Gasteiger charge is -2.25. The maximum Gasteiger partial charge on any atom is 0.191 e. The Kier molecular flexibility index (Phi) is 5.99. The molecule has 2 N–H and O–H groups in total. The molecule has 1 aromatic heterocycles. The van der Waals surface area contributed by atoms with E-state index in [0.29, 0.717) is 12.6 Å². The van der Waals surface area contributed by atoms with Crippen molar-refractivity contribution in [3.8, 4) is 0 Å². The Labute approximate surface area is 131 Å². The van der Waals surface area contributed by atoms with Crippen LogP contribution in [0.15, 0.2) is 11.2 Å². The second kappa shape index (κ2) is 7.75. The molecule has 1 fully saturated rings. The quantitative estimate of drug-likeness (QED) is 0.596. The first kappa shape index (κ1) is 16.2. The third kappa shape index (κ3) is 5.28. The zero-order valence-electron chi connectivity index (χ0n) is 13.5. The van der Waals surface area contributed by atoms with Crippen LogP contribution < -0.4 is 10.6 Å². The van der Waals surface area contributed by atoms with Gasteiger partial charge in [-0.1, -0.05) is 0 Å². The summed E-state index contributed by atoms with van der Waals surface area (Å²) in [5, 5.41) is 7.85. The highest BCUT2D eigenvalue weighted by atomic mass is 32.1. The van der Waals surface area contributed by atoms with Gasteiger partial charge in [0.25, 0.3) is 0 Å². The number of nitrogens with zero attached hydrogens (tertiary/aromatic N) is 3. The molecule has 118 valence electrons. The SMILES string of the molecule is CCNC(=NCc1ncc(C)s1)NCC(C1CC1)N(C)C. The fourth-order valence-electron chi connectivity index (χ4n) is 2.42. The molecule has 1 unspecified atom stereocenters. The highest BCUT2D eigenvalue weighted by Gasteiger charge is 2.32. The number of thiazole rings is 1. The van der Waals surface area contributed by atoms with E-state index in [0.717, 1.165) is 30.0 Å². The largest absolute Gasteiger partial charge is 0.357 e. The first-order chi connectivity index (χ1) is 10.1. The number of rotatable bonds is 7. The van der Waals surface area contributed by atoms with Crippen LogP contribution in [0.25, 0.3) is 0 Å². The molecule has 5 nitrogen and oxygen atoms in total. The van der Waals surface area contributed by atoms with E-state index in [1.807, 2.05) is 6.20 Å². The summed E-state index contributed by atoms with van der Waals surface area (Å²) in [5.74, 6) is 1.73. The molecule has 21 heavy (non-hydrogen) atoms. The molecule has 1 heterocycles. The Morgan fingerprint density at radius 1 is 1.48 bits per heavy atom. The van der Waals surface area contributed by atoms with Gasteiger partial charge in [0, 0.05) is 30.2 Å². The highest BCUT2D eigenvalue weighted by molar-refractivity contribution is 7.11. The zero-order chi connectivity index (χ0) is 15.2. The average Bonchev–Trinajstić information content (AvgIpc) is 3.18. The smallest absolute Gasteiger partial charge is 0.191 e. The van der Waals surface area contributed by atoms with E-state index < -0.39 is 0 Å². The Bertz CT molecular complexity index is 462. The summed E-state index contributed by atoms with van der Waals surface area (Å²) in [4.78, 5) is 12.5. The van der Waals surface area contributed by atoms with Crippen LogP contribution >= 0.6 is 11.3 Å². The third-order valence-corrected chi connectivity index (χ3v) is 4.59. The molecule has 0 radical (unpaired) electrons. The van der Waals surface area contributed by atoms with Crippen LogP contribution in [0, 0.1) is 12.8 Å². The van der Waals surface area contributed by atoms with E-state index in [1.165, 1.54) is 17.7 Å². The fraction of sp³-hybridized carbons (Fsp3) is 0.733. The minimum Gasteiger partial charge on any atom is -0.357 e. The van der Waals surface area contributed by atoms with E-state index in [1.54, 1.807) is 11.3 Å². The summed E-state index contributed by atoms with van der Waals surface area (Å²) in [6.45, 7) is 6.63. The van der Waals surface area contributed by atoms with Crippen molar-refractivity contribution in [2.75, 3.05) is 27.2 Å². The molecular weight excluding hydrogens is 282 g/mol. The molecule has 0 aromatic carbocycles. The average molecular weight is 309 g/mol. The molecule has 1 aliphatic carbocycles. The van der Waals surface area contributed by atoms with Crippen molar-refractivity contribution in [3.63, 3.8) is 0 Å². The van der Waals surface area contributed by atoms with Crippen LogP contribution in [0.2, 0.25) is 0 Å². The number of aliphatic imine (C=N–C) groups is 1. The second-order valence-electron chi connectivity index (χ2n) is 5.81. The van der Waals surface area contributed by atoms with Gasteiger partial charge in [0.15, 0.2) is 5.96 Å². The Hall–Kier alpha value is -1.14. The molecule has 1 aromatic rings. The molecule has 1 aliphatic rings. The first-order valence-corrected chi connectivity index (χ1v) is 8.51. The maximum absolute atomic E-state index is 4.63. The van der Waals surface area contributed by atoms with Crippen molar-refractivity contribution < 1.29 is 0 Å². The van der Waals surface area contributed by atoms with Crippen LogP contribution in [0.5, 0.6) is 0 Å². The summed E-state index contributed by atoms with van der Waals surface area (Å²) in [5.41, 5.74) is 0. The lowest BCUT2D eigenvalue weighted by molar-refractivity contribution is 0.264. The van der Waals surface area contributed by atoms with E-state index in [-0.39, 0.29) is 0 Å². The summed E-state index contributed by atoms with van der Waals surface area (Å²) >= 11 is 1.71. The minimum atomic E-state index is 0.593. The van der Waals surface area contributed by atoms with Crippen molar-refractivity contribution in [2.45, 2.75) is 39.3 Å². The lowest BCUT2D eigenvalue weighted by atomic mass is 10.1. The monoisotopic (exact) mass is 309 g/mol. The predicted molar refractivity (Wildman–Crippen MR) is 89.9 cm³/mol. The number of aromatic nitrogens is 1. The van der Waals surface area contributed by atoms with Crippen molar-refractivity contribution in [3.05, 3.63) is 16.1 Å². The molecule has 0 bridgehead atoms. The van der Waals surface area contributed by atoms with E-state index in [9.17, 15) is 0 Å². The molecular formula is C15H27N5S. The number of hydrogen-bond acceptors (Lipinski definition) is 4. The fourth-order valence-corrected chi connectivity index (χ4v) is 3.13. The second-order valence-corrected chi connectivity index (χ2v) is 7.13. The van der Waals surface area contributed by atoms with Gasteiger partial charge in [0.05, 0.1) is 6.54 Å². The van der Waals surface area contributed by atoms with Gasteiger partial charge in [0.1, 0.15) is 5.01 Å². The molecule has 6 heteroatoms. The number of likely N-dealkylation sites (N-methyl/N-ethyl adjacent to an activating group) is 1. The minimum absolute atomic E-state index is 0.593. The molecule has 0 spiro atoms. The highest BCUT2D eigenvalue weighted by Crippen LogP contribution is 2.34. The van der Waals surface area contributed by atoms with Crippen LogP contribution in [0.1, 0.15) is 29.7 Å². The van der Waals surface area contributed by atoms with Gasteiger partial charge in [-0.25, -0.2) is 9.98 Å². The Morgan fingerprint density at radius 3 is 2.76 bits per heavy atom. The summed E-state index contributed by atoms with van der Waals surface area (Å²) < 4.78 is 0. The number of nitrogens with one attached hydrogen (secondary N) is 2. The number of guanidine groups is 1. The molecule has 1 atom stereocenters. The standard InChI is InChI=1S/C15H27N5S/c1-5-16-15(19-10-14-17-8-11(2)21-14)18-9-13(20(3)4)12-6-7-12/h8,12-13H,5-7,9-10H2,1-4H3,(H2,16,18,19). The Balaban J connectivity index is 1.88. The van der Waals surface area contributed by atoms with Gasteiger partial charge in [-0.05, 0) is 46.7 Å². The normalized spacial score (nSPS) is 17.1. The molecule has 0 saturated heterocycles. The maximum atomic E-state index is 4.63. The van der Waals surface area contributed by atoms with E-state index in [4.69, 9.17) is 0 Å². The van der Waals surface area contributed by atoms with Crippen molar-refractivity contribution in [2.24, 2.45) is 10.9 Å². The molecule has 0 amide bonds. The van der Waals surface area contributed by atoms with Crippen molar-refractivity contribution in [1.82, 2.24) is 20.5 Å². The van der Waals surface area contributed by atoms with E-state index in [2.05, 4.69) is 53.5 Å². The van der Waals surface area contributed by atoms with Gasteiger partial charge < -0.3 is 15.5 Å². The Morgan fingerprint density at radius 2 is 2.24 bits per heavy atom. The van der Waals surface area contributed by atoms with Crippen LogP contribution in [0.3, 0.4) is 0 Å². The summed E-state index contributed by atoms with van der Waals surface area (Å²) in [7, 11) is 4.32. The molecule has 1 saturated carbocycles. The van der Waals surface area contributed by atoms with Gasteiger partial charge in [-0.3, -0.25) is 0 Å². The van der Waals surface area contributed by atoms with Gasteiger partial charge in [-0.2, -0.15) is 0 Å². The van der Waals surface area contributed by atoms with Gasteiger partial charge in [-0.15, -0.1) is 11.3 Å². The third-order valence-electron chi connectivity index (χ3n) is 3.69. The van der Waals surface area contributed by atoms with E-state index >= 15 is 0 Å². The number of aryl methyl sites for hydroxylation is 1. The zero-order valence-corrected chi connectivity index (χ0v) is 14.3. The molecule has 2 rings (SSSR count). The topological polar surface area (TPSA) is 52.6 Å². The summed E-state index contributed by atoms with van der Waals surface area (Å²) in [6.07, 6.45) is 4.62. The lowest BCUT2D eigenvalue weighted by Crippen LogP contribution is -2.46. The number of hydrogen-bond donors (Lipinski definition) is 2. The van der Waals surface area contributed by atoms with Crippen LogP contribution in [0.4, 0.5) is 0 Å². The first-order valence-electron chi connectivity index (χ1n) is 7.70. The van der Waals surface area contributed by atoms with Crippen LogP contribution in [-0.4, -0.2) is 49.1 Å².